The van der Waals surface area contributed by atoms with Crippen LogP contribution in [0.5, 0.6) is 0 Å². The van der Waals surface area contributed by atoms with E-state index in [9.17, 15) is 0 Å². The van der Waals surface area contributed by atoms with Crippen LogP contribution >= 0.6 is 0 Å². The summed E-state index contributed by atoms with van der Waals surface area (Å²) in [7, 11) is 0. The van der Waals surface area contributed by atoms with Crippen molar-refractivity contribution in [1.82, 2.24) is 5.32 Å². The van der Waals surface area contributed by atoms with Crippen LogP contribution in [0.15, 0.2) is 30.3 Å². The molecule has 1 aliphatic carbocycles. The molecular weight excluding hydrogens is 254 g/mol. The maximum Gasteiger partial charge on any atom is 0.00955 e. The average molecular weight is 287 g/mol. The first-order valence-corrected chi connectivity index (χ1v) is 9.07. The lowest BCUT2D eigenvalue weighted by Crippen LogP contribution is -2.39. The molecule has 1 heteroatoms. The van der Waals surface area contributed by atoms with Crippen molar-refractivity contribution in [2.45, 2.75) is 71.3 Å². The van der Waals surface area contributed by atoms with Gasteiger partial charge in [-0.3, -0.25) is 0 Å². The number of hydrogen-bond acceptors (Lipinski definition) is 1. The van der Waals surface area contributed by atoms with Crippen molar-refractivity contribution in [2.75, 3.05) is 6.54 Å². The standard InChI is InChI=1S/C20H33N/c1-3-15-21-20(19-13-7-9-17(2)16-19)14-8-12-18-10-5-4-6-11-18/h4-6,10-11,17,19-21H,3,7-9,12-16H2,1-2H3. The summed E-state index contributed by atoms with van der Waals surface area (Å²) in [5.74, 6) is 1.85. The number of hydrogen-bond donors (Lipinski definition) is 1. The molecule has 1 N–H and O–H groups in total. The fraction of sp³-hybridized carbons (Fsp3) is 0.700. The van der Waals surface area contributed by atoms with Gasteiger partial charge in [0.05, 0.1) is 0 Å². The lowest BCUT2D eigenvalue weighted by molar-refractivity contribution is 0.213. The maximum absolute atomic E-state index is 3.85. The molecule has 1 aliphatic rings. The molecule has 1 fully saturated rings. The summed E-state index contributed by atoms with van der Waals surface area (Å²) in [5, 5.41) is 3.85. The molecule has 0 heterocycles. The first kappa shape index (κ1) is 16.5. The summed E-state index contributed by atoms with van der Waals surface area (Å²) in [6, 6.07) is 11.7. The minimum absolute atomic E-state index is 0.747. The zero-order chi connectivity index (χ0) is 14.9. The Balaban J connectivity index is 1.81. The average Bonchev–Trinajstić information content (AvgIpc) is 2.51. The number of rotatable bonds is 8. The van der Waals surface area contributed by atoms with E-state index in [2.05, 4.69) is 49.5 Å². The molecule has 0 amide bonds. The van der Waals surface area contributed by atoms with E-state index in [0.29, 0.717) is 0 Å². The van der Waals surface area contributed by atoms with Crippen LogP contribution in [-0.2, 0) is 6.42 Å². The van der Waals surface area contributed by atoms with Crippen LogP contribution in [0.4, 0.5) is 0 Å². The summed E-state index contributed by atoms with van der Waals surface area (Å²) < 4.78 is 0. The Morgan fingerprint density at radius 3 is 2.71 bits per heavy atom. The predicted octanol–water partition coefficient (Wildman–Crippen LogP) is 5.20. The third-order valence-corrected chi connectivity index (χ3v) is 5.03. The molecule has 0 radical (unpaired) electrons. The molecule has 0 aromatic heterocycles. The zero-order valence-corrected chi connectivity index (χ0v) is 14.0. The quantitative estimate of drug-likeness (QED) is 0.692. The minimum Gasteiger partial charge on any atom is -0.314 e. The molecule has 0 saturated heterocycles. The van der Waals surface area contributed by atoms with E-state index < -0.39 is 0 Å². The summed E-state index contributed by atoms with van der Waals surface area (Å²) in [5.41, 5.74) is 1.49. The van der Waals surface area contributed by atoms with E-state index in [1.165, 1.54) is 63.5 Å². The van der Waals surface area contributed by atoms with E-state index in [0.717, 1.165) is 17.9 Å². The van der Waals surface area contributed by atoms with Gasteiger partial charge in [-0.05, 0) is 62.5 Å². The number of benzene rings is 1. The van der Waals surface area contributed by atoms with Gasteiger partial charge in [0.2, 0.25) is 0 Å². The first-order chi connectivity index (χ1) is 10.3. The van der Waals surface area contributed by atoms with Crippen LogP contribution in [-0.4, -0.2) is 12.6 Å². The van der Waals surface area contributed by atoms with E-state index >= 15 is 0 Å². The summed E-state index contributed by atoms with van der Waals surface area (Å²) in [6.45, 7) is 5.89. The smallest absolute Gasteiger partial charge is 0.00955 e. The normalized spacial score (nSPS) is 23.9. The lowest BCUT2D eigenvalue weighted by Gasteiger charge is -2.34. The first-order valence-electron chi connectivity index (χ1n) is 9.07. The van der Waals surface area contributed by atoms with Gasteiger partial charge in [0, 0.05) is 6.04 Å². The van der Waals surface area contributed by atoms with Crippen molar-refractivity contribution in [3.05, 3.63) is 35.9 Å². The van der Waals surface area contributed by atoms with Crippen LogP contribution in [0.3, 0.4) is 0 Å². The van der Waals surface area contributed by atoms with Gasteiger partial charge in [0.1, 0.15) is 0 Å². The van der Waals surface area contributed by atoms with Crippen LogP contribution in [0.2, 0.25) is 0 Å². The Morgan fingerprint density at radius 2 is 2.00 bits per heavy atom. The van der Waals surface area contributed by atoms with Crippen molar-refractivity contribution in [2.24, 2.45) is 11.8 Å². The Kier molecular flexibility index (Phi) is 7.29. The van der Waals surface area contributed by atoms with Crippen LogP contribution in [0.1, 0.15) is 64.4 Å². The van der Waals surface area contributed by atoms with Gasteiger partial charge in [-0.25, -0.2) is 0 Å². The van der Waals surface area contributed by atoms with Gasteiger partial charge in [0.15, 0.2) is 0 Å². The molecule has 0 spiro atoms. The molecular formula is C20H33N. The second-order valence-corrected chi connectivity index (χ2v) is 6.97. The Morgan fingerprint density at radius 1 is 1.19 bits per heavy atom. The topological polar surface area (TPSA) is 12.0 Å². The molecule has 0 bridgehead atoms. The second kappa shape index (κ2) is 9.25. The van der Waals surface area contributed by atoms with Crippen molar-refractivity contribution in [1.29, 1.82) is 0 Å². The predicted molar refractivity (Wildman–Crippen MR) is 92.6 cm³/mol. The van der Waals surface area contributed by atoms with E-state index in [-0.39, 0.29) is 0 Å². The maximum atomic E-state index is 3.85. The van der Waals surface area contributed by atoms with Crippen molar-refractivity contribution >= 4 is 0 Å². The van der Waals surface area contributed by atoms with Crippen LogP contribution in [0, 0.1) is 11.8 Å². The monoisotopic (exact) mass is 287 g/mol. The zero-order valence-electron chi connectivity index (χ0n) is 14.0. The highest BCUT2D eigenvalue weighted by atomic mass is 14.9. The second-order valence-electron chi connectivity index (χ2n) is 6.97. The van der Waals surface area contributed by atoms with Crippen LogP contribution in [0.25, 0.3) is 0 Å². The number of nitrogens with one attached hydrogen (secondary N) is 1. The van der Waals surface area contributed by atoms with E-state index in [1.54, 1.807) is 0 Å². The molecule has 3 atom stereocenters. The van der Waals surface area contributed by atoms with Gasteiger partial charge < -0.3 is 5.32 Å². The van der Waals surface area contributed by atoms with Gasteiger partial charge in [-0.2, -0.15) is 0 Å². The highest BCUT2D eigenvalue weighted by Gasteiger charge is 2.25. The molecule has 2 rings (SSSR count). The van der Waals surface area contributed by atoms with Crippen molar-refractivity contribution in [3.63, 3.8) is 0 Å². The Bertz CT molecular complexity index is 373. The molecule has 0 aliphatic heterocycles. The highest BCUT2D eigenvalue weighted by molar-refractivity contribution is 5.14. The van der Waals surface area contributed by atoms with Gasteiger partial charge in [0.25, 0.3) is 0 Å². The van der Waals surface area contributed by atoms with Crippen LogP contribution < -0.4 is 5.32 Å². The van der Waals surface area contributed by atoms with Gasteiger partial charge in [-0.1, -0.05) is 57.0 Å². The molecule has 21 heavy (non-hydrogen) atoms. The Labute approximate surface area is 131 Å². The van der Waals surface area contributed by atoms with Crippen molar-refractivity contribution < 1.29 is 0 Å². The van der Waals surface area contributed by atoms with Gasteiger partial charge >= 0.3 is 0 Å². The Hall–Kier alpha value is -0.820. The summed E-state index contributed by atoms with van der Waals surface area (Å²) in [6.07, 6.45) is 10.9. The third-order valence-electron chi connectivity index (χ3n) is 5.03. The SMILES string of the molecule is CCCNC(CCCc1ccccc1)C1CCCC(C)C1. The van der Waals surface area contributed by atoms with Gasteiger partial charge in [-0.15, -0.1) is 0 Å². The molecule has 1 aromatic rings. The fourth-order valence-corrected chi connectivity index (χ4v) is 3.85. The lowest BCUT2D eigenvalue weighted by atomic mass is 9.77. The molecule has 1 saturated carbocycles. The molecule has 1 nitrogen and oxygen atoms in total. The van der Waals surface area contributed by atoms with E-state index in [1.807, 2.05) is 0 Å². The molecule has 3 unspecified atom stereocenters. The molecule has 1 aromatic carbocycles. The number of aryl methyl sites for hydroxylation is 1. The minimum atomic E-state index is 0.747. The summed E-state index contributed by atoms with van der Waals surface area (Å²) >= 11 is 0. The van der Waals surface area contributed by atoms with Crippen molar-refractivity contribution in [3.8, 4) is 0 Å². The fourth-order valence-electron chi connectivity index (χ4n) is 3.85. The summed E-state index contributed by atoms with van der Waals surface area (Å²) in [4.78, 5) is 0. The highest BCUT2D eigenvalue weighted by Crippen LogP contribution is 2.32. The largest absolute Gasteiger partial charge is 0.314 e. The van der Waals surface area contributed by atoms with E-state index in [4.69, 9.17) is 0 Å². The molecule has 118 valence electrons. The third kappa shape index (κ3) is 5.82.